The number of rotatable bonds is 8. The average Bonchev–Trinajstić information content (AvgIpc) is 2.44. The second-order valence-electron chi connectivity index (χ2n) is 5.01. The Morgan fingerprint density at radius 3 is 2.17 bits per heavy atom. The van der Waals surface area contributed by atoms with E-state index in [1.165, 1.54) is 0 Å². The summed E-state index contributed by atoms with van der Waals surface area (Å²) >= 11 is 0. The smallest absolute Gasteiger partial charge is 0.311 e. The molecule has 1 aromatic rings. The minimum atomic E-state index is -4.13. The van der Waals surface area contributed by atoms with Crippen LogP contribution >= 0.6 is 0 Å². The Kier molecular flexibility index (Phi) is 5.40. The summed E-state index contributed by atoms with van der Waals surface area (Å²) in [4.78, 5) is 31.4. The van der Waals surface area contributed by atoms with Gasteiger partial charge in [0.25, 0.3) is 5.69 Å². The van der Waals surface area contributed by atoms with Gasteiger partial charge in [-0.15, -0.1) is 0 Å². The minimum Gasteiger partial charge on any atom is -0.481 e. The molecule has 0 spiro atoms. The van der Waals surface area contributed by atoms with Crippen molar-refractivity contribution in [1.29, 1.82) is 0 Å². The van der Waals surface area contributed by atoms with E-state index in [0.29, 0.717) is 0 Å². The molecule has 11 heteroatoms. The zero-order valence-corrected chi connectivity index (χ0v) is 12.7. The molecule has 0 aliphatic carbocycles. The predicted octanol–water partition coefficient (Wildman–Crippen LogP) is 0.439. The van der Waals surface area contributed by atoms with Gasteiger partial charge in [-0.3, -0.25) is 19.7 Å². The summed E-state index contributed by atoms with van der Waals surface area (Å²) in [5, 5.41) is 28.3. The molecule has 0 aliphatic heterocycles. The molecule has 1 aromatic carbocycles. The van der Waals surface area contributed by atoms with Gasteiger partial charge in [0.05, 0.1) is 21.7 Å². The first-order chi connectivity index (χ1) is 10.5. The topological polar surface area (TPSA) is 164 Å². The van der Waals surface area contributed by atoms with E-state index in [9.17, 15) is 28.1 Å². The van der Waals surface area contributed by atoms with Gasteiger partial charge in [0.15, 0.2) is 0 Å². The van der Waals surface area contributed by atoms with Gasteiger partial charge in [-0.05, 0) is 19.1 Å². The van der Waals surface area contributed by atoms with Crippen LogP contribution in [0, 0.1) is 15.5 Å². The molecule has 23 heavy (non-hydrogen) atoms. The minimum absolute atomic E-state index is 0.300. The molecule has 0 aromatic heterocycles. The number of carboxylic acid groups (broad SMARTS) is 2. The fourth-order valence-electron chi connectivity index (χ4n) is 1.63. The maximum absolute atomic E-state index is 12.0. The lowest BCUT2D eigenvalue weighted by atomic mass is 9.87. The van der Waals surface area contributed by atoms with Gasteiger partial charge in [0.1, 0.15) is 0 Å². The molecule has 0 heterocycles. The van der Waals surface area contributed by atoms with Crippen molar-refractivity contribution in [2.24, 2.45) is 5.41 Å². The molecule has 126 valence electrons. The van der Waals surface area contributed by atoms with Crippen molar-refractivity contribution >= 4 is 27.6 Å². The number of hydrogen-bond donors (Lipinski definition) is 3. The van der Waals surface area contributed by atoms with Crippen LogP contribution in [0.4, 0.5) is 5.69 Å². The molecule has 1 unspecified atom stereocenters. The molecule has 0 fully saturated rings. The van der Waals surface area contributed by atoms with Crippen molar-refractivity contribution < 1.29 is 33.1 Å². The van der Waals surface area contributed by atoms with Crippen LogP contribution in [0.5, 0.6) is 0 Å². The van der Waals surface area contributed by atoms with E-state index in [2.05, 4.69) is 0 Å². The van der Waals surface area contributed by atoms with Gasteiger partial charge in [0, 0.05) is 18.7 Å². The van der Waals surface area contributed by atoms with Gasteiger partial charge in [0.2, 0.25) is 10.0 Å². The number of nitrogens with one attached hydrogen (secondary N) is 1. The van der Waals surface area contributed by atoms with Crippen LogP contribution < -0.4 is 4.72 Å². The second kappa shape index (κ2) is 6.71. The maximum Gasteiger partial charge on any atom is 0.311 e. The molecule has 3 N–H and O–H groups in total. The number of carboxylic acids is 2. The Morgan fingerprint density at radius 1 is 1.26 bits per heavy atom. The Bertz CT molecular complexity index is 728. The normalized spacial score (nSPS) is 14.0. The first-order valence-corrected chi connectivity index (χ1v) is 7.65. The first kappa shape index (κ1) is 18.5. The average molecular weight is 346 g/mol. The van der Waals surface area contributed by atoms with E-state index < -0.39 is 45.3 Å². The molecular formula is C12H14N2O8S. The SMILES string of the molecule is CC(CNS(=O)(=O)c1ccc([N+](=O)[O-])cc1)(CC(=O)O)C(=O)O. The Labute approximate surface area is 130 Å². The van der Waals surface area contributed by atoms with E-state index >= 15 is 0 Å². The molecule has 1 atom stereocenters. The van der Waals surface area contributed by atoms with E-state index in [1.54, 1.807) is 0 Å². The van der Waals surface area contributed by atoms with Crippen LogP contribution in [0.3, 0.4) is 0 Å². The summed E-state index contributed by atoms with van der Waals surface area (Å²) in [5.41, 5.74) is -2.13. The highest BCUT2D eigenvalue weighted by Gasteiger charge is 2.37. The monoisotopic (exact) mass is 346 g/mol. The fraction of sp³-hybridized carbons (Fsp3) is 0.333. The van der Waals surface area contributed by atoms with Gasteiger partial charge < -0.3 is 10.2 Å². The van der Waals surface area contributed by atoms with Crippen LogP contribution in [-0.4, -0.2) is 42.0 Å². The third kappa shape index (κ3) is 4.72. The number of nitro groups is 1. The van der Waals surface area contributed by atoms with Crippen LogP contribution in [0.1, 0.15) is 13.3 Å². The lowest BCUT2D eigenvalue weighted by molar-refractivity contribution is -0.384. The molecule has 0 saturated heterocycles. The third-order valence-corrected chi connectivity index (χ3v) is 4.49. The van der Waals surface area contributed by atoms with Crippen molar-refractivity contribution in [3.8, 4) is 0 Å². The summed E-state index contributed by atoms with van der Waals surface area (Å²) in [6.07, 6.45) is -0.773. The maximum atomic E-state index is 12.0. The number of benzene rings is 1. The standard InChI is InChI=1S/C12H14N2O8S/c1-12(11(17)18,6-10(15)16)7-13-23(21,22)9-4-2-8(3-5-9)14(19)20/h2-5,13H,6-7H2,1H3,(H,15,16)(H,17,18). The number of nitrogens with zero attached hydrogens (tertiary/aromatic N) is 1. The highest BCUT2D eigenvalue weighted by atomic mass is 32.2. The number of aliphatic carboxylic acids is 2. The molecule has 0 aliphatic rings. The van der Waals surface area contributed by atoms with Crippen molar-refractivity contribution in [2.75, 3.05) is 6.54 Å². The molecular weight excluding hydrogens is 332 g/mol. The molecule has 0 bridgehead atoms. The highest BCUT2D eigenvalue weighted by Crippen LogP contribution is 2.22. The number of carbonyl (C=O) groups is 2. The quantitative estimate of drug-likeness (QED) is 0.450. The zero-order chi connectivity index (χ0) is 17.8. The van der Waals surface area contributed by atoms with Crippen molar-refractivity contribution in [1.82, 2.24) is 4.72 Å². The highest BCUT2D eigenvalue weighted by molar-refractivity contribution is 7.89. The second-order valence-corrected chi connectivity index (χ2v) is 6.78. The van der Waals surface area contributed by atoms with E-state index in [1.807, 2.05) is 4.72 Å². The summed E-state index contributed by atoms with van der Waals surface area (Å²) in [7, 11) is -4.13. The van der Waals surface area contributed by atoms with Gasteiger partial charge in [-0.1, -0.05) is 0 Å². The molecule has 0 saturated carbocycles. The van der Waals surface area contributed by atoms with Crippen molar-refractivity contribution in [2.45, 2.75) is 18.2 Å². The van der Waals surface area contributed by atoms with E-state index in [4.69, 9.17) is 10.2 Å². The predicted molar refractivity (Wildman–Crippen MR) is 76.3 cm³/mol. The summed E-state index contributed by atoms with van der Waals surface area (Å²) in [5.74, 6) is -2.85. The molecule has 0 radical (unpaired) electrons. The number of non-ortho nitro benzene ring substituents is 1. The van der Waals surface area contributed by atoms with Gasteiger partial charge in [-0.2, -0.15) is 0 Å². The number of nitro benzene ring substituents is 1. The van der Waals surface area contributed by atoms with Crippen molar-refractivity contribution in [3.05, 3.63) is 34.4 Å². The first-order valence-electron chi connectivity index (χ1n) is 6.17. The lowest BCUT2D eigenvalue weighted by Crippen LogP contribution is -2.42. The summed E-state index contributed by atoms with van der Waals surface area (Å²) in [6, 6.07) is 3.97. The Balaban J connectivity index is 2.95. The largest absolute Gasteiger partial charge is 0.481 e. The van der Waals surface area contributed by atoms with Gasteiger partial charge >= 0.3 is 11.9 Å². The van der Waals surface area contributed by atoms with Crippen molar-refractivity contribution in [3.63, 3.8) is 0 Å². The van der Waals surface area contributed by atoms with Crippen LogP contribution in [0.2, 0.25) is 0 Å². The van der Waals surface area contributed by atoms with Gasteiger partial charge in [-0.25, -0.2) is 13.1 Å². The molecule has 10 nitrogen and oxygen atoms in total. The number of sulfonamides is 1. The van der Waals surface area contributed by atoms with Crippen LogP contribution in [-0.2, 0) is 19.6 Å². The van der Waals surface area contributed by atoms with E-state index in [-0.39, 0.29) is 10.6 Å². The summed E-state index contributed by atoms with van der Waals surface area (Å²) in [6.45, 7) is 0.454. The van der Waals surface area contributed by atoms with Crippen LogP contribution in [0.15, 0.2) is 29.2 Å². The third-order valence-electron chi connectivity index (χ3n) is 3.07. The lowest BCUT2D eigenvalue weighted by Gasteiger charge is -2.23. The van der Waals surface area contributed by atoms with Crippen LogP contribution in [0.25, 0.3) is 0 Å². The zero-order valence-electron chi connectivity index (χ0n) is 11.9. The summed E-state index contributed by atoms with van der Waals surface area (Å²) < 4.78 is 26.1. The fourth-order valence-corrected chi connectivity index (χ4v) is 2.80. The molecule has 0 amide bonds. The van der Waals surface area contributed by atoms with E-state index in [0.717, 1.165) is 31.2 Å². The number of hydrogen-bond acceptors (Lipinski definition) is 6. The Morgan fingerprint density at radius 2 is 1.78 bits per heavy atom. The molecule has 1 rings (SSSR count). The Hall–Kier alpha value is -2.53.